The van der Waals surface area contributed by atoms with E-state index in [1.54, 1.807) is 0 Å². The molecule has 2 aromatic carbocycles. The van der Waals surface area contributed by atoms with Gasteiger partial charge in [0.1, 0.15) is 20.2 Å². The summed E-state index contributed by atoms with van der Waals surface area (Å²) in [6, 6.07) is 8.51. The van der Waals surface area contributed by atoms with E-state index in [0.29, 0.717) is 0 Å². The van der Waals surface area contributed by atoms with Gasteiger partial charge in [-0.2, -0.15) is 10.1 Å². The molecule has 0 unspecified atom stereocenters. The number of amides is 1. The first-order valence-electron chi connectivity index (χ1n) is 12.8. The van der Waals surface area contributed by atoms with Gasteiger partial charge in [-0.15, -0.1) is 0 Å². The fraction of sp³-hybridized carbons (Fsp3) is 0.148. The number of carbonyl (C=O) groups excluding carboxylic acids is 3. The van der Waals surface area contributed by atoms with Crippen LogP contribution in [0.2, 0.25) is 0 Å². The molecule has 0 saturated heterocycles. The first-order valence-corrected chi connectivity index (χ1v) is 15.6. The van der Waals surface area contributed by atoms with Crippen molar-refractivity contribution in [3.8, 4) is 5.69 Å². The fourth-order valence-electron chi connectivity index (χ4n) is 3.99. The third-order valence-electron chi connectivity index (χ3n) is 6.03. The van der Waals surface area contributed by atoms with E-state index in [0.717, 1.165) is 58.2 Å². The van der Waals surface area contributed by atoms with E-state index >= 15 is 0 Å². The summed E-state index contributed by atoms with van der Waals surface area (Å²) in [6.07, 6.45) is 3.47. The van der Waals surface area contributed by atoms with E-state index < -0.39 is 59.1 Å². The SMILES string of the molecule is CCOC(=O)C1=NN(c2ccc(S(=O)(=O)[O-])cc2)C(=O)/C1=C\C=Cc1c(C(=O)OCC)[nH]n(-c2ccc(S(=O)(=O)[O-])cc2)c1=O.[K+].[K+]. The van der Waals surface area contributed by atoms with Crippen LogP contribution in [0.4, 0.5) is 5.69 Å². The van der Waals surface area contributed by atoms with Crippen LogP contribution in [0, 0.1) is 0 Å². The average molecular weight is 737 g/mol. The molecule has 236 valence electrons. The Kier molecular flexibility index (Phi) is 15.1. The molecule has 1 N–H and O–H groups in total. The number of allylic oxidation sites excluding steroid dienone is 2. The summed E-state index contributed by atoms with van der Waals surface area (Å²) < 4.78 is 78.5. The van der Waals surface area contributed by atoms with E-state index in [-0.39, 0.29) is 144 Å². The third kappa shape index (κ3) is 9.63. The number of nitrogens with zero attached hydrogens (tertiary/aromatic N) is 3. The number of hydrazone groups is 1. The second-order valence-electron chi connectivity index (χ2n) is 8.88. The third-order valence-corrected chi connectivity index (χ3v) is 7.73. The smallest absolute Gasteiger partial charge is 0.744 e. The molecule has 0 spiro atoms. The van der Waals surface area contributed by atoms with Gasteiger partial charge in [-0.05, 0) is 74.5 Å². The van der Waals surface area contributed by atoms with Crippen molar-refractivity contribution in [3.05, 3.63) is 87.9 Å². The van der Waals surface area contributed by atoms with Crippen molar-refractivity contribution in [1.29, 1.82) is 0 Å². The van der Waals surface area contributed by atoms with Gasteiger partial charge in [0.05, 0.1) is 45.5 Å². The maximum Gasteiger partial charge on any atom is 1.00 e. The first kappa shape index (κ1) is 41.3. The molecule has 0 saturated carbocycles. The summed E-state index contributed by atoms with van der Waals surface area (Å²) >= 11 is 0. The Morgan fingerprint density at radius 1 is 0.830 bits per heavy atom. The van der Waals surface area contributed by atoms with Crippen LogP contribution in [0.1, 0.15) is 29.9 Å². The molecule has 0 atom stereocenters. The van der Waals surface area contributed by atoms with Crippen LogP contribution in [-0.4, -0.2) is 72.5 Å². The first-order chi connectivity index (χ1) is 21.2. The molecule has 1 amide bonds. The van der Waals surface area contributed by atoms with Crippen LogP contribution >= 0.6 is 0 Å². The van der Waals surface area contributed by atoms with E-state index in [2.05, 4.69) is 10.2 Å². The van der Waals surface area contributed by atoms with Gasteiger partial charge in [0.2, 0.25) is 0 Å². The Balaban J connectivity index is 0.00000384. The number of rotatable bonds is 10. The monoisotopic (exact) mass is 736 g/mol. The summed E-state index contributed by atoms with van der Waals surface area (Å²) in [5.41, 5.74) is -1.94. The van der Waals surface area contributed by atoms with Gasteiger partial charge in [-0.25, -0.2) is 31.1 Å². The second kappa shape index (κ2) is 17.2. The van der Waals surface area contributed by atoms with Gasteiger partial charge < -0.3 is 18.6 Å². The summed E-state index contributed by atoms with van der Waals surface area (Å²) in [5, 5.41) is 7.36. The van der Waals surface area contributed by atoms with Gasteiger partial charge >= 0.3 is 115 Å². The van der Waals surface area contributed by atoms with E-state index in [4.69, 9.17) is 9.47 Å². The Morgan fingerprint density at radius 2 is 1.32 bits per heavy atom. The minimum atomic E-state index is -4.76. The second-order valence-corrected chi connectivity index (χ2v) is 11.6. The molecule has 3 aromatic rings. The molecule has 0 radical (unpaired) electrons. The molecule has 47 heavy (non-hydrogen) atoms. The number of H-pyrrole nitrogens is 1. The fourth-order valence-corrected chi connectivity index (χ4v) is 4.93. The molecule has 1 aliphatic rings. The van der Waals surface area contributed by atoms with Crippen molar-refractivity contribution in [1.82, 2.24) is 9.78 Å². The molecule has 16 nitrogen and oxygen atoms in total. The molecule has 2 heterocycles. The van der Waals surface area contributed by atoms with Gasteiger partial charge in [-0.3, -0.25) is 14.7 Å². The number of aromatic amines is 1. The predicted molar refractivity (Wildman–Crippen MR) is 153 cm³/mol. The van der Waals surface area contributed by atoms with E-state index in [1.807, 2.05) is 0 Å². The Morgan fingerprint density at radius 3 is 1.81 bits per heavy atom. The summed E-state index contributed by atoms with van der Waals surface area (Å²) in [7, 11) is -9.52. The number of anilines is 1. The van der Waals surface area contributed by atoms with Crippen LogP contribution < -0.4 is 113 Å². The van der Waals surface area contributed by atoms with Crippen LogP contribution in [-0.2, 0) is 39.3 Å². The van der Waals surface area contributed by atoms with Crippen LogP contribution in [0.5, 0.6) is 0 Å². The molecule has 0 aliphatic carbocycles. The van der Waals surface area contributed by atoms with Crippen molar-refractivity contribution in [2.75, 3.05) is 18.2 Å². The number of aromatic nitrogens is 2. The number of carbonyl (C=O) groups is 3. The molecule has 1 aromatic heterocycles. The Labute approximate surface area is 353 Å². The molecule has 4 rings (SSSR count). The van der Waals surface area contributed by atoms with E-state index in [1.165, 1.54) is 32.1 Å². The number of ether oxygens (including phenoxy) is 2. The minimum absolute atomic E-state index is 0. The summed E-state index contributed by atoms with van der Waals surface area (Å²) in [4.78, 5) is 50.7. The maximum absolute atomic E-state index is 13.3. The zero-order valence-electron chi connectivity index (χ0n) is 25.3. The number of hydrogen-bond donors (Lipinski definition) is 1. The van der Waals surface area contributed by atoms with Crippen molar-refractivity contribution in [2.45, 2.75) is 23.6 Å². The largest absolute Gasteiger partial charge is 1.00 e. The van der Waals surface area contributed by atoms with Gasteiger partial charge in [-0.1, -0.05) is 6.08 Å². The van der Waals surface area contributed by atoms with Gasteiger partial charge in [0, 0.05) is 0 Å². The Hall–Kier alpha value is -1.90. The normalized spacial score (nSPS) is 14.0. The zero-order valence-corrected chi connectivity index (χ0v) is 33.2. The van der Waals surface area contributed by atoms with E-state index in [9.17, 15) is 45.1 Å². The number of esters is 2. The molecular formula is C27H22K2N4O12S2. The molecule has 0 bridgehead atoms. The van der Waals surface area contributed by atoms with Gasteiger partial charge in [0.25, 0.3) is 11.5 Å². The van der Waals surface area contributed by atoms with Gasteiger partial charge in [0.15, 0.2) is 11.4 Å². The van der Waals surface area contributed by atoms with Crippen LogP contribution in [0.25, 0.3) is 11.8 Å². The average Bonchev–Trinajstić information content (AvgIpc) is 3.49. The van der Waals surface area contributed by atoms with Crippen molar-refractivity contribution in [2.24, 2.45) is 5.10 Å². The molecule has 1 aliphatic heterocycles. The molecule has 0 fully saturated rings. The molecule has 20 heteroatoms. The standard InChI is InChI=1S/C27H24N4O12S2.2K/c1-3-42-26(34)22-20(24(32)30(28-22)16-8-12-18(13-9-16)44(36,37)38)6-5-7-21-23(27(35)43-4-2)29-31(25(21)33)17-10-14-19(15-11-17)45(39,40)41;;/h5-15,28H,3-4H2,1-2H3,(H,36,37,38)(H,39,40,41);;/q;2*+1/p-2/b6-5?,21-7-;;. The predicted octanol–water partition coefficient (Wildman–Crippen LogP) is -4.94. The number of hydrogen-bond acceptors (Lipinski definition) is 13. The topological polar surface area (TPSA) is 237 Å². The van der Waals surface area contributed by atoms with Crippen molar-refractivity contribution >= 4 is 55.6 Å². The number of nitrogens with one attached hydrogen (secondary N) is 1. The Bertz CT molecular complexity index is 2050. The van der Waals surface area contributed by atoms with Crippen LogP contribution in [0.15, 0.2) is 85.9 Å². The molecular weight excluding hydrogens is 715 g/mol. The van der Waals surface area contributed by atoms with Crippen molar-refractivity contribution < 1.29 is 153 Å². The zero-order chi connectivity index (χ0) is 33.1. The quantitative estimate of drug-likeness (QED) is 0.0892. The summed E-state index contributed by atoms with van der Waals surface area (Å²) in [5.74, 6) is -2.72. The summed E-state index contributed by atoms with van der Waals surface area (Å²) in [6.45, 7) is 2.97. The maximum atomic E-state index is 13.3. The van der Waals surface area contributed by atoms with Crippen LogP contribution in [0.3, 0.4) is 0 Å². The number of benzene rings is 2. The minimum Gasteiger partial charge on any atom is -0.744 e. The van der Waals surface area contributed by atoms with Crippen molar-refractivity contribution in [3.63, 3.8) is 0 Å².